The second-order valence-corrected chi connectivity index (χ2v) is 12.1. The maximum absolute atomic E-state index is 13.4. The molecule has 49 heavy (non-hydrogen) atoms. The number of carbonyl (C=O) groups is 4. The van der Waals surface area contributed by atoms with Crippen LogP contribution < -0.4 is 21.7 Å². The Morgan fingerprint density at radius 3 is 1.63 bits per heavy atom. The standard InChI is InChI=1S/C40H47N5O4/c1-30(46)44-24-25-45(29-39(41)48)40(49)28-43-23-21-37(33-16-9-4-10-17-33)34-18-11-19-35(26-34)38(47)27-42-22-20-36(31-12-5-2-6-13-31)32-14-7-3-8-15-32/h2-19,26,36-37,42-43H,20-25,27-29H2,1H3,(H2,41,48)(H,44,46). The van der Waals surface area contributed by atoms with Crippen LogP contribution in [0.15, 0.2) is 115 Å². The van der Waals surface area contributed by atoms with Crippen molar-refractivity contribution in [3.05, 3.63) is 143 Å². The summed E-state index contributed by atoms with van der Waals surface area (Å²) < 4.78 is 0. The van der Waals surface area contributed by atoms with E-state index in [0.29, 0.717) is 25.1 Å². The maximum atomic E-state index is 13.4. The fourth-order valence-corrected chi connectivity index (χ4v) is 5.99. The number of rotatable bonds is 20. The van der Waals surface area contributed by atoms with E-state index in [2.05, 4.69) is 76.6 Å². The summed E-state index contributed by atoms with van der Waals surface area (Å²) in [4.78, 5) is 50.3. The molecule has 4 aromatic rings. The van der Waals surface area contributed by atoms with Gasteiger partial charge in [-0.25, -0.2) is 0 Å². The van der Waals surface area contributed by atoms with Crippen molar-refractivity contribution in [1.29, 1.82) is 0 Å². The second kappa shape index (κ2) is 19.6. The summed E-state index contributed by atoms with van der Waals surface area (Å²) in [6, 6.07) is 38.8. The molecular weight excluding hydrogens is 614 g/mol. The number of Topliss-reactive ketones (excluding diaryl/α,β-unsaturated/α-hetero) is 1. The first-order valence-corrected chi connectivity index (χ1v) is 16.8. The topological polar surface area (TPSA) is 134 Å². The summed E-state index contributed by atoms with van der Waals surface area (Å²) >= 11 is 0. The van der Waals surface area contributed by atoms with Gasteiger partial charge in [0.2, 0.25) is 17.7 Å². The second-order valence-electron chi connectivity index (χ2n) is 12.1. The molecule has 9 nitrogen and oxygen atoms in total. The average Bonchev–Trinajstić information content (AvgIpc) is 3.12. The first-order valence-electron chi connectivity index (χ1n) is 16.8. The molecule has 0 heterocycles. The highest BCUT2D eigenvalue weighted by molar-refractivity contribution is 5.97. The minimum atomic E-state index is -0.617. The Hall–Kier alpha value is -5.12. The van der Waals surface area contributed by atoms with E-state index in [1.807, 2.05) is 54.6 Å². The molecule has 3 amide bonds. The molecule has 0 saturated heterocycles. The highest BCUT2D eigenvalue weighted by Crippen LogP contribution is 2.29. The van der Waals surface area contributed by atoms with Gasteiger partial charge in [-0.15, -0.1) is 0 Å². The highest BCUT2D eigenvalue weighted by atomic mass is 16.2. The van der Waals surface area contributed by atoms with Gasteiger partial charge in [0.15, 0.2) is 5.78 Å². The van der Waals surface area contributed by atoms with Gasteiger partial charge in [0, 0.05) is 37.4 Å². The average molecular weight is 662 g/mol. The van der Waals surface area contributed by atoms with Gasteiger partial charge in [-0.05, 0) is 54.3 Å². The van der Waals surface area contributed by atoms with Gasteiger partial charge in [-0.2, -0.15) is 0 Å². The van der Waals surface area contributed by atoms with Crippen LogP contribution in [0.1, 0.15) is 64.2 Å². The number of nitrogens with zero attached hydrogens (tertiary/aromatic N) is 1. The Morgan fingerprint density at radius 2 is 1.12 bits per heavy atom. The molecular formula is C40H47N5O4. The van der Waals surface area contributed by atoms with Crippen molar-refractivity contribution in [3.63, 3.8) is 0 Å². The lowest BCUT2D eigenvalue weighted by Gasteiger charge is -2.22. The monoisotopic (exact) mass is 661 g/mol. The van der Waals surface area contributed by atoms with E-state index in [1.165, 1.54) is 23.0 Å². The van der Waals surface area contributed by atoms with Crippen molar-refractivity contribution in [2.24, 2.45) is 5.73 Å². The lowest BCUT2D eigenvalue weighted by Crippen LogP contribution is -2.46. The molecule has 1 unspecified atom stereocenters. The van der Waals surface area contributed by atoms with Crippen LogP contribution in [0.25, 0.3) is 0 Å². The van der Waals surface area contributed by atoms with Crippen LogP contribution >= 0.6 is 0 Å². The first kappa shape index (κ1) is 36.7. The Kier molecular flexibility index (Phi) is 14.7. The van der Waals surface area contributed by atoms with Crippen LogP contribution in [0.2, 0.25) is 0 Å². The summed E-state index contributed by atoms with van der Waals surface area (Å²) in [5, 5.41) is 9.22. The smallest absolute Gasteiger partial charge is 0.237 e. The molecule has 1 atom stereocenters. The molecule has 0 aliphatic heterocycles. The van der Waals surface area contributed by atoms with Crippen LogP contribution in [0.5, 0.6) is 0 Å². The van der Waals surface area contributed by atoms with Crippen LogP contribution in [0.3, 0.4) is 0 Å². The number of nitrogens with one attached hydrogen (secondary N) is 3. The number of nitrogens with two attached hydrogens (primary N) is 1. The molecule has 0 spiro atoms. The summed E-state index contributed by atoms with van der Waals surface area (Å²) in [6.45, 7) is 3.07. The Labute approximate surface area is 289 Å². The van der Waals surface area contributed by atoms with Gasteiger partial charge in [-0.3, -0.25) is 19.2 Å². The Morgan fingerprint density at radius 1 is 0.633 bits per heavy atom. The molecule has 9 heteroatoms. The van der Waals surface area contributed by atoms with E-state index < -0.39 is 5.91 Å². The SMILES string of the molecule is CC(=O)NCCN(CC(N)=O)C(=O)CNCCC(c1ccccc1)c1cccc(C(=O)CNCCC(c2ccccc2)c2ccccc2)c1. The van der Waals surface area contributed by atoms with Crippen molar-refractivity contribution in [1.82, 2.24) is 20.9 Å². The molecule has 0 fully saturated rings. The zero-order chi connectivity index (χ0) is 34.8. The van der Waals surface area contributed by atoms with Crippen LogP contribution in [-0.2, 0) is 14.4 Å². The maximum Gasteiger partial charge on any atom is 0.237 e. The van der Waals surface area contributed by atoms with Gasteiger partial charge in [-0.1, -0.05) is 109 Å². The molecule has 0 radical (unpaired) electrons. The van der Waals surface area contributed by atoms with Crippen LogP contribution in [-0.4, -0.2) is 74.2 Å². The molecule has 4 aromatic carbocycles. The minimum absolute atomic E-state index is 0.0106. The summed E-state index contributed by atoms with van der Waals surface area (Å²) in [5.74, 6) is -0.855. The van der Waals surface area contributed by atoms with Gasteiger partial charge in [0.1, 0.15) is 0 Å². The lowest BCUT2D eigenvalue weighted by molar-refractivity contribution is -0.134. The van der Waals surface area contributed by atoms with E-state index in [1.54, 1.807) is 0 Å². The largest absolute Gasteiger partial charge is 0.368 e. The molecule has 5 N–H and O–H groups in total. The van der Waals surface area contributed by atoms with E-state index >= 15 is 0 Å². The molecule has 0 bridgehead atoms. The minimum Gasteiger partial charge on any atom is -0.368 e. The molecule has 0 aliphatic rings. The molecule has 4 rings (SSSR count). The van der Waals surface area contributed by atoms with Gasteiger partial charge < -0.3 is 26.6 Å². The zero-order valence-corrected chi connectivity index (χ0v) is 28.1. The number of benzene rings is 4. The third-order valence-electron chi connectivity index (χ3n) is 8.45. The van der Waals surface area contributed by atoms with Crippen LogP contribution in [0.4, 0.5) is 0 Å². The van der Waals surface area contributed by atoms with Gasteiger partial charge in [0.25, 0.3) is 0 Å². The fraction of sp³-hybridized carbons (Fsp3) is 0.300. The molecule has 256 valence electrons. The fourth-order valence-electron chi connectivity index (χ4n) is 5.99. The predicted octanol–water partition coefficient (Wildman–Crippen LogP) is 4.24. The van der Waals surface area contributed by atoms with Crippen molar-refractivity contribution in [3.8, 4) is 0 Å². The van der Waals surface area contributed by atoms with E-state index in [4.69, 9.17) is 5.73 Å². The Balaban J connectivity index is 1.35. The third kappa shape index (κ3) is 12.1. The molecule has 0 saturated carbocycles. The predicted molar refractivity (Wildman–Crippen MR) is 193 cm³/mol. The number of ketones is 1. The normalized spacial score (nSPS) is 11.6. The van der Waals surface area contributed by atoms with Crippen molar-refractivity contribution >= 4 is 23.5 Å². The number of primary amides is 1. The number of hydrogen-bond acceptors (Lipinski definition) is 6. The highest BCUT2D eigenvalue weighted by Gasteiger charge is 2.19. The quantitative estimate of drug-likeness (QED) is 0.0828. The first-order chi connectivity index (χ1) is 23.8. The van der Waals surface area contributed by atoms with E-state index in [0.717, 1.165) is 17.5 Å². The lowest BCUT2D eigenvalue weighted by atomic mass is 9.87. The number of amides is 3. The van der Waals surface area contributed by atoms with E-state index in [9.17, 15) is 19.2 Å². The third-order valence-corrected chi connectivity index (χ3v) is 8.45. The van der Waals surface area contributed by atoms with Crippen molar-refractivity contribution < 1.29 is 19.2 Å². The van der Waals surface area contributed by atoms with E-state index in [-0.39, 0.29) is 62.2 Å². The summed E-state index contributed by atoms with van der Waals surface area (Å²) in [5.41, 5.74) is 10.6. The van der Waals surface area contributed by atoms with Gasteiger partial charge >= 0.3 is 0 Å². The Bertz CT molecular complexity index is 1590. The van der Waals surface area contributed by atoms with Crippen molar-refractivity contribution in [2.75, 3.05) is 45.8 Å². The molecule has 0 aliphatic carbocycles. The van der Waals surface area contributed by atoms with Crippen molar-refractivity contribution in [2.45, 2.75) is 31.6 Å². The van der Waals surface area contributed by atoms with Gasteiger partial charge in [0.05, 0.1) is 19.6 Å². The number of hydrogen-bond donors (Lipinski definition) is 4. The van der Waals surface area contributed by atoms with Crippen LogP contribution in [0, 0.1) is 0 Å². The zero-order valence-electron chi connectivity index (χ0n) is 28.1. The number of carbonyl (C=O) groups excluding carboxylic acids is 4. The molecule has 0 aromatic heterocycles. The summed E-state index contributed by atoms with van der Waals surface area (Å²) in [7, 11) is 0. The summed E-state index contributed by atoms with van der Waals surface area (Å²) in [6.07, 6.45) is 1.54.